The van der Waals surface area contributed by atoms with Gasteiger partial charge in [0.2, 0.25) is 5.91 Å². The molecule has 5 nitrogen and oxygen atoms in total. The van der Waals surface area contributed by atoms with E-state index in [9.17, 15) is 9.59 Å². The summed E-state index contributed by atoms with van der Waals surface area (Å²) in [5.41, 5.74) is 0.925. The molecule has 0 saturated carbocycles. The number of nitrogens with one attached hydrogen (secondary N) is 2. The van der Waals surface area contributed by atoms with Crippen LogP contribution in [0, 0.1) is 5.92 Å². The molecular weight excluding hydrogens is 304 g/mol. The highest BCUT2D eigenvalue weighted by Gasteiger charge is 2.17. The van der Waals surface area contributed by atoms with E-state index < -0.39 is 0 Å². The third-order valence-corrected chi connectivity index (χ3v) is 3.85. The van der Waals surface area contributed by atoms with Crippen molar-refractivity contribution in [1.82, 2.24) is 5.32 Å². The SMILES string of the molecule is CC(CCO)NC(=O)c1cc2ccccc2cc1NC(=O)C(C)C. The van der Waals surface area contributed by atoms with Crippen molar-refractivity contribution in [2.75, 3.05) is 11.9 Å². The zero-order chi connectivity index (χ0) is 17.7. The van der Waals surface area contributed by atoms with Gasteiger partial charge in [0.1, 0.15) is 0 Å². The number of amides is 2. The maximum Gasteiger partial charge on any atom is 0.253 e. The molecule has 2 rings (SSSR count). The van der Waals surface area contributed by atoms with Gasteiger partial charge < -0.3 is 15.7 Å². The molecule has 0 bridgehead atoms. The van der Waals surface area contributed by atoms with E-state index in [1.807, 2.05) is 37.3 Å². The van der Waals surface area contributed by atoms with Gasteiger partial charge in [-0.15, -0.1) is 0 Å². The predicted molar refractivity (Wildman–Crippen MR) is 96.0 cm³/mol. The van der Waals surface area contributed by atoms with Crippen molar-refractivity contribution in [1.29, 1.82) is 0 Å². The first kappa shape index (κ1) is 17.9. The summed E-state index contributed by atoms with van der Waals surface area (Å²) in [7, 11) is 0. The molecule has 0 radical (unpaired) electrons. The first-order chi connectivity index (χ1) is 11.4. The number of carbonyl (C=O) groups is 2. The molecule has 1 atom stereocenters. The molecule has 24 heavy (non-hydrogen) atoms. The Morgan fingerprint density at radius 2 is 1.71 bits per heavy atom. The Kier molecular flexibility index (Phi) is 5.93. The topological polar surface area (TPSA) is 78.4 Å². The Balaban J connectivity index is 2.40. The van der Waals surface area contributed by atoms with Crippen molar-refractivity contribution < 1.29 is 14.7 Å². The minimum Gasteiger partial charge on any atom is -0.396 e. The van der Waals surface area contributed by atoms with E-state index in [2.05, 4.69) is 10.6 Å². The van der Waals surface area contributed by atoms with Crippen molar-refractivity contribution in [2.45, 2.75) is 33.2 Å². The Hall–Kier alpha value is -2.40. The van der Waals surface area contributed by atoms with Crippen LogP contribution in [-0.2, 0) is 4.79 Å². The molecule has 128 valence electrons. The van der Waals surface area contributed by atoms with Gasteiger partial charge in [-0.3, -0.25) is 9.59 Å². The number of hydrogen-bond donors (Lipinski definition) is 3. The van der Waals surface area contributed by atoms with Crippen molar-refractivity contribution in [3.63, 3.8) is 0 Å². The van der Waals surface area contributed by atoms with Crippen LogP contribution in [0.25, 0.3) is 10.8 Å². The molecule has 2 aromatic rings. The average Bonchev–Trinajstić information content (AvgIpc) is 2.54. The minimum atomic E-state index is -0.263. The highest BCUT2D eigenvalue weighted by atomic mass is 16.3. The van der Waals surface area contributed by atoms with E-state index in [0.717, 1.165) is 10.8 Å². The number of carbonyl (C=O) groups excluding carboxylic acids is 2. The fraction of sp³-hybridized carbons (Fsp3) is 0.368. The fourth-order valence-corrected chi connectivity index (χ4v) is 2.38. The molecule has 1 unspecified atom stereocenters. The second kappa shape index (κ2) is 7.93. The van der Waals surface area contributed by atoms with Crippen LogP contribution in [-0.4, -0.2) is 29.6 Å². The molecule has 0 fully saturated rings. The van der Waals surface area contributed by atoms with Crippen LogP contribution in [0.2, 0.25) is 0 Å². The van der Waals surface area contributed by atoms with E-state index in [1.54, 1.807) is 19.9 Å². The molecule has 0 aliphatic carbocycles. The molecule has 5 heteroatoms. The van der Waals surface area contributed by atoms with Crippen molar-refractivity contribution in [3.05, 3.63) is 42.0 Å². The van der Waals surface area contributed by atoms with E-state index >= 15 is 0 Å². The molecule has 0 aliphatic heterocycles. The summed E-state index contributed by atoms with van der Waals surface area (Å²) in [5.74, 6) is -0.579. The number of anilines is 1. The maximum absolute atomic E-state index is 12.6. The zero-order valence-corrected chi connectivity index (χ0v) is 14.3. The lowest BCUT2D eigenvalue weighted by Crippen LogP contribution is -2.34. The molecule has 0 spiro atoms. The smallest absolute Gasteiger partial charge is 0.253 e. The fourth-order valence-electron chi connectivity index (χ4n) is 2.38. The van der Waals surface area contributed by atoms with Crippen LogP contribution in [0.15, 0.2) is 36.4 Å². The van der Waals surface area contributed by atoms with Crippen LogP contribution in [0.1, 0.15) is 37.6 Å². The van der Waals surface area contributed by atoms with Gasteiger partial charge in [0.15, 0.2) is 0 Å². The van der Waals surface area contributed by atoms with Crippen LogP contribution in [0.3, 0.4) is 0 Å². The molecule has 3 N–H and O–H groups in total. The quantitative estimate of drug-likeness (QED) is 0.763. The third-order valence-electron chi connectivity index (χ3n) is 3.85. The first-order valence-electron chi connectivity index (χ1n) is 8.17. The number of fused-ring (bicyclic) bond motifs is 1. The number of aliphatic hydroxyl groups is 1. The third kappa shape index (κ3) is 4.32. The van der Waals surface area contributed by atoms with Gasteiger partial charge in [-0.05, 0) is 36.2 Å². The minimum absolute atomic E-state index is 0.0100. The van der Waals surface area contributed by atoms with Crippen LogP contribution < -0.4 is 10.6 Å². The van der Waals surface area contributed by atoms with Gasteiger partial charge >= 0.3 is 0 Å². The van der Waals surface area contributed by atoms with Crippen LogP contribution in [0.5, 0.6) is 0 Å². The summed E-state index contributed by atoms with van der Waals surface area (Å²) in [6.07, 6.45) is 0.479. The first-order valence-corrected chi connectivity index (χ1v) is 8.17. The summed E-state index contributed by atoms with van der Waals surface area (Å²) < 4.78 is 0. The average molecular weight is 328 g/mol. The molecule has 2 amide bonds. The lowest BCUT2D eigenvalue weighted by atomic mass is 10.0. The molecule has 0 aromatic heterocycles. The number of hydrogen-bond acceptors (Lipinski definition) is 3. The van der Waals surface area contributed by atoms with Gasteiger partial charge in [-0.1, -0.05) is 38.1 Å². The van der Waals surface area contributed by atoms with Crippen molar-refractivity contribution in [3.8, 4) is 0 Å². The zero-order valence-electron chi connectivity index (χ0n) is 14.3. The number of benzene rings is 2. The van der Waals surface area contributed by atoms with Gasteiger partial charge in [0.25, 0.3) is 5.91 Å². The standard InChI is InChI=1S/C19H24N2O3/c1-12(2)18(23)21-17-11-15-7-5-4-6-14(15)10-16(17)19(24)20-13(3)8-9-22/h4-7,10-13,22H,8-9H2,1-3H3,(H,20,24)(H,21,23). The number of aliphatic hydroxyl groups excluding tert-OH is 1. The number of rotatable bonds is 6. The van der Waals surface area contributed by atoms with Gasteiger partial charge in [-0.2, -0.15) is 0 Å². The van der Waals surface area contributed by atoms with E-state index in [4.69, 9.17) is 5.11 Å². The summed E-state index contributed by atoms with van der Waals surface area (Å²) in [6, 6.07) is 11.1. The Morgan fingerprint density at radius 1 is 1.08 bits per heavy atom. The second-order valence-electron chi connectivity index (χ2n) is 6.28. The van der Waals surface area contributed by atoms with Crippen LogP contribution >= 0.6 is 0 Å². The summed E-state index contributed by atoms with van der Waals surface area (Å²) >= 11 is 0. The van der Waals surface area contributed by atoms with Gasteiger partial charge in [0, 0.05) is 18.6 Å². The van der Waals surface area contributed by atoms with E-state index in [0.29, 0.717) is 17.7 Å². The normalized spacial score (nSPS) is 12.2. The summed E-state index contributed by atoms with van der Waals surface area (Å²) in [4.78, 5) is 24.7. The van der Waals surface area contributed by atoms with Crippen molar-refractivity contribution in [2.24, 2.45) is 5.92 Å². The van der Waals surface area contributed by atoms with E-state index in [1.165, 1.54) is 0 Å². The molecule has 0 heterocycles. The Labute approximate surface area is 142 Å². The van der Waals surface area contributed by atoms with Gasteiger partial charge in [0.05, 0.1) is 11.3 Å². The predicted octanol–water partition coefficient (Wildman–Crippen LogP) is 2.94. The van der Waals surface area contributed by atoms with E-state index in [-0.39, 0.29) is 30.4 Å². The summed E-state index contributed by atoms with van der Waals surface area (Å²) in [5, 5.41) is 16.6. The van der Waals surface area contributed by atoms with Crippen LogP contribution in [0.4, 0.5) is 5.69 Å². The molecule has 0 saturated heterocycles. The Bertz CT molecular complexity index is 740. The highest BCUT2D eigenvalue weighted by Crippen LogP contribution is 2.25. The largest absolute Gasteiger partial charge is 0.396 e. The summed E-state index contributed by atoms with van der Waals surface area (Å²) in [6.45, 7) is 5.45. The molecule has 0 aliphatic rings. The highest BCUT2D eigenvalue weighted by molar-refractivity contribution is 6.08. The lowest BCUT2D eigenvalue weighted by molar-refractivity contribution is -0.118. The van der Waals surface area contributed by atoms with Crippen molar-refractivity contribution >= 4 is 28.3 Å². The second-order valence-corrected chi connectivity index (χ2v) is 6.28. The van der Waals surface area contributed by atoms with Gasteiger partial charge in [-0.25, -0.2) is 0 Å². The monoisotopic (exact) mass is 328 g/mol. The Morgan fingerprint density at radius 3 is 2.29 bits per heavy atom. The lowest BCUT2D eigenvalue weighted by Gasteiger charge is -2.17. The molecule has 2 aromatic carbocycles. The molecular formula is C19H24N2O3. The maximum atomic E-state index is 12.6.